The second kappa shape index (κ2) is 9.85. The van der Waals surface area contributed by atoms with Crippen LogP contribution in [0.2, 0.25) is 10.0 Å². The van der Waals surface area contributed by atoms with Gasteiger partial charge in [0, 0.05) is 21.5 Å². The average molecular weight is 548 g/mol. The van der Waals surface area contributed by atoms with E-state index in [0.717, 1.165) is 9.54 Å². The highest BCUT2D eigenvalue weighted by Crippen LogP contribution is 2.39. The van der Waals surface area contributed by atoms with E-state index in [1.165, 1.54) is 48.9 Å². The lowest BCUT2D eigenvalue weighted by atomic mass is 10.0. The Balaban J connectivity index is 2.19. The van der Waals surface area contributed by atoms with E-state index in [4.69, 9.17) is 32.4 Å². The molecule has 11 heteroatoms. The van der Waals surface area contributed by atoms with Gasteiger partial charge in [0.05, 0.1) is 40.1 Å². The number of fused-ring (bicyclic) bond motifs is 1. The number of hydrogen-bond donors (Lipinski definition) is 1. The Morgan fingerprint density at radius 3 is 2.42 bits per heavy atom. The van der Waals surface area contributed by atoms with Crippen LogP contribution in [0, 0.1) is 6.92 Å². The highest BCUT2D eigenvalue weighted by atomic mass is 35.5. The number of carbonyl (C=O) groups is 2. The number of benzene rings is 2. The summed E-state index contributed by atoms with van der Waals surface area (Å²) in [6.45, 7) is 3.31. The molecule has 2 aromatic carbocycles. The zero-order chi connectivity index (χ0) is 26.2. The van der Waals surface area contributed by atoms with Crippen LogP contribution in [0.4, 0.5) is 0 Å². The Morgan fingerprint density at radius 2 is 1.83 bits per heavy atom. The molecule has 0 aliphatic heterocycles. The number of carboxylic acids is 1. The molecule has 2 heterocycles. The lowest BCUT2D eigenvalue weighted by molar-refractivity contribution is -0.130. The van der Waals surface area contributed by atoms with Crippen LogP contribution in [0.1, 0.15) is 34.1 Å². The van der Waals surface area contributed by atoms with Crippen LogP contribution < -0.4 is 0 Å². The van der Waals surface area contributed by atoms with Crippen LogP contribution >= 0.6 is 23.2 Å². The van der Waals surface area contributed by atoms with Gasteiger partial charge in [-0.3, -0.25) is 0 Å². The second-order valence-electron chi connectivity index (χ2n) is 7.72. The monoisotopic (exact) mass is 547 g/mol. The van der Waals surface area contributed by atoms with Gasteiger partial charge in [0.15, 0.2) is 5.69 Å². The Bertz CT molecular complexity index is 1620. The van der Waals surface area contributed by atoms with Crippen molar-refractivity contribution < 1.29 is 32.3 Å². The number of aromatic nitrogens is 1. The number of carbonyl (C=O) groups excluding carboxylic acids is 1. The van der Waals surface area contributed by atoms with E-state index in [-0.39, 0.29) is 49.2 Å². The summed E-state index contributed by atoms with van der Waals surface area (Å²) in [5.74, 6) is -2.32. The zero-order valence-electron chi connectivity index (χ0n) is 19.0. The number of hydrogen-bond acceptors (Lipinski definition) is 6. The molecule has 36 heavy (non-hydrogen) atoms. The first-order valence-corrected chi connectivity index (χ1v) is 12.8. The molecule has 186 valence electrons. The van der Waals surface area contributed by atoms with E-state index in [2.05, 4.69) is 0 Å². The fourth-order valence-electron chi connectivity index (χ4n) is 3.76. The smallest absolute Gasteiger partial charge is 0.356 e. The average Bonchev–Trinajstić information content (AvgIpc) is 3.44. The maximum Gasteiger partial charge on any atom is 0.356 e. The van der Waals surface area contributed by atoms with Crippen molar-refractivity contribution >= 4 is 67.7 Å². The van der Waals surface area contributed by atoms with Gasteiger partial charge in [0.25, 0.3) is 10.0 Å². The van der Waals surface area contributed by atoms with Gasteiger partial charge in [-0.1, -0.05) is 40.9 Å². The maximum absolute atomic E-state index is 13.9. The third-order valence-electron chi connectivity index (χ3n) is 5.36. The van der Waals surface area contributed by atoms with Crippen LogP contribution in [0.25, 0.3) is 22.6 Å². The van der Waals surface area contributed by atoms with Crippen LogP contribution in [0.5, 0.6) is 0 Å². The summed E-state index contributed by atoms with van der Waals surface area (Å²) >= 11 is 12.7. The molecule has 2 aromatic heterocycles. The van der Waals surface area contributed by atoms with Crippen LogP contribution in [0.15, 0.2) is 64.3 Å². The number of aliphatic carboxylic acids is 1. The fraction of sp³-hybridized carbons (Fsp3) is 0.120. The van der Waals surface area contributed by atoms with Gasteiger partial charge >= 0.3 is 11.9 Å². The minimum Gasteiger partial charge on any atom is -0.478 e. The number of aryl methyl sites for hydroxylation is 1. The molecule has 0 amide bonds. The Hall–Kier alpha value is -3.53. The number of halogens is 2. The highest BCUT2D eigenvalue weighted by Gasteiger charge is 2.33. The number of rotatable bonds is 7. The molecule has 1 N–H and O–H groups in total. The molecule has 4 rings (SSSR count). The lowest BCUT2D eigenvalue weighted by Crippen LogP contribution is -2.20. The Morgan fingerprint density at radius 1 is 1.14 bits per heavy atom. The minimum atomic E-state index is -4.40. The third kappa shape index (κ3) is 4.53. The number of carboxylic acid groups (broad SMARTS) is 1. The highest BCUT2D eigenvalue weighted by molar-refractivity contribution is 7.90. The first-order chi connectivity index (χ1) is 17.1. The zero-order valence-corrected chi connectivity index (χ0v) is 21.3. The van der Waals surface area contributed by atoms with E-state index in [9.17, 15) is 23.1 Å². The molecule has 0 atom stereocenters. The molecule has 0 aliphatic carbocycles. The maximum atomic E-state index is 13.9. The van der Waals surface area contributed by atoms with Crippen molar-refractivity contribution in [3.8, 4) is 0 Å². The van der Waals surface area contributed by atoms with Crippen molar-refractivity contribution in [3.63, 3.8) is 0 Å². The molecule has 0 aliphatic rings. The molecule has 0 fully saturated rings. The van der Waals surface area contributed by atoms with Crippen molar-refractivity contribution in [2.75, 3.05) is 6.61 Å². The summed E-state index contributed by atoms with van der Waals surface area (Å²) in [4.78, 5) is 25.3. The van der Waals surface area contributed by atoms with Gasteiger partial charge in [-0.2, -0.15) is 0 Å². The van der Waals surface area contributed by atoms with Gasteiger partial charge in [0.1, 0.15) is 0 Å². The van der Waals surface area contributed by atoms with Crippen molar-refractivity contribution in [1.29, 1.82) is 0 Å². The molecular formula is C25H19Cl2NO7S. The van der Waals surface area contributed by atoms with E-state index >= 15 is 0 Å². The Labute approximate surface area is 216 Å². The van der Waals surface area contributed by atoms with Gasteiger partial charge in [0.2, 0.25) is 0 Å². The lowest BCUT2D eigenvalue weighted by Gasteiger charge is -2.12. The molecular weight excluding hydrogens is 529 g/mol. The first kappa shape index (κ1) is 25.6. The van der Waals surface area contributed by atoms with Gasteiger partial charge in [-0.15, -0.1) is 0 Å². The number of furan rings is 1. The van der Waals surface area contributed by atoms with Crippen molar-refractivity contribution in [3.05, 3.63) is 87.4 Å². The van der Waals surface area contributed by atoms with Gasteiger partial charge in [-0.25, -0.2) is 22.0 Å². The van der Waals surface area contributed by atoms with E-state index in [0.29, 0.717) is 0 Å². The summed E-state index contributed by atoms with van der Waals surface area (Å²) in [5, 5.41) is 10.1. The Kier molecular flexibility index (Phi) is 6.99. The number of esters is 1. The van der Waals surface area contributed by atoms with Crippen molar-refractivity contribution in [2.45, 2.75) is 18.7 Å². The topological polar surface area (TPSA) is 116 Å². The molecule has 0 saturated carbocycles. The van der Waals surface area contributed by atoms with Gasteiger partial charge < -0.3 is 14.3 Å². The molecule has 0 spiro atoms. The number of ether oxygens (including phenoxy) is 1. The van der Waals surface area contributed by atoms with Crippen LogP contribution in [-0.2, 0) is 19.6 Å². The van der Waals surface area contributed by atoms with Crippen LogP contribution in [-0.4, -0.2) is 36.0 Å². The predicted octanol–water partition coefficient (Wildman–Crippen LogP) is 5.89. The molecule has 0 saturated heterocycles. The molecule has 4 aromatic rings. The molecule has 0 unspecified atom stereocenters. The normalized spacial score (nSPS) is 12.2. The number of nitrogens with zero attached hydrogens (tertiary/aromatic N) is 1. The summed E-state index contributed by atoms with van der Waals surface area (Å²) in [7, 11) is -4.40. The predicted molar refractivity (Wildman–Crippen MR) is 136 cm³/mol. The van der Waals surface area contributed by atoms with E-state index in [1.54, 1.807) is 26.0 Å². The first-order valence-electron chi connectivity index (χ1n) is 10.6. The molecule has 8 nitrogen and oxygen atoms in total. The van der Waals surface area contributed by atoms with Crippen molar-refractivity contribution in [1.82, 2.24) is 3.97 Å². The summed E-state index contributed by atoms with van der Waals surface area (Å²) in [6, 6.07) is 10.2. The molecule has 0 bridgehead atoms. The summed E-state index contributed by atoms with van der Waals surface area (Å²) in [6.07, 6.45) is 3.67. The second-order valence-corrected chi connectivity index (χ2v) is 10.4. The largest absolute Gasteiger partial charge is 0.478 e. The fourth-order valence-corrected chi connectivity index (χ4v) is 5.86. The van der Waals surface area contributed by atoms with Crippen LogP contribution in [0.3, 0.4) is 0 Å². The van der Waals surface area contributed by atoms with Gasteiger partial charge in [-0.05, 0) is 50.3 Å². The van der Waals surface area contributed by atoms with Crippen molar-refractivity contribution in [2.24, 2.45) is 0 Å². The van der Waals surface area contributed by atoms with E-state index in [1.807, 2.05) is 0 Å². The quantitative estimate of drug-likeness (QED) is 0.226. The van der Waals surface area contributed by atoms with E-state index < -0.39 is 27.7 Å². The molecule has 0 radical (unpaired) electrons. The minimum absolute atomic E-state index is 0.0145. The summed E-state index contributed by atoms with van der Waals surface area (Å²) in [5.41, 5.74) is 0.284. The summed E-state index contributed by atoms with van der Waals surface area (Å²) < 4.78 is 38.8. The SMILES string of the molecule is CCOC(=O)c1c(/C=C(/C(=O)O)c2ccoc2)c2c(Cl)cc(Cl)cc2n1S(=O)(=O)c1ccc(C)cc1. The third-order valence-corrected chi connectivity index (χ3v) is 7.60. The standard InChI is InChI=1S/C25H19Cl2NO7S/c1-3-35-25(31)23-19(12-18(24(29)30)15-8-9-34-13-15)22-20(27)10-16(26)11-21(22)28(23)36(32,33)17-6-4-14(2)5-7-17/h4-13H,3H2,1-2H3,(H,29,30)/b18-12+.